The number of furan rings is 1. The maximum Gasteiger partial charge on any atom is 0.269 e. The van der Waals surface area contributed by atoms with Gasteiger partial charge in [-0.15, -0.1) is 0 Å². The van der Waals surface area contributed by atoms with Crippen LogP contribution < -0.4 is 10.9 Å². The lowest BCUT2D eigenvalue weighted by atomic mass is 10.0. The Kier molecular flexibility index (Phi) is 4.71. The third kappa shape index (κ3) is 3.20. The first kappa shape index (κ1) is 19.6. The van der Waals surface area contributed by atoms with Gasteiger partial charge in [0.15, 0.2) is 5.58 Å². The Morgan fingerprint density at radius 2 is 1.66 bits per heavy atom. The molecule has 0 spiro atoms. The molecule has 0 saturated carbocycles. The maximum atomic E-state index is 13.4. The van der Waals surface area contributed by atoms with E-state index in [-0.39, 0.29) is 11.2 Å². The third-order valence-corrected chi connectivity index (χ3v) is 5.60. The Hall–Kier alpha value is -4.39. The van der Waals surface area contributed by atoms with Crippen molar-refractivity contribution in [3.63, 3.8) is 0 Å². The zero-order chi connectivity index (χ0) is 22.2. The molecule has 2 aromatic heterocycles. The molecule has 3 aromatic carbocycles. The van der Waals surface area contributed by atoms with Crippen molar-refractivity contribution in [3.05, 3.63) is 105 Å². The first-order chi connectivity index (χ1) is 15.5. The molecule has 0 unspecified atom stereocenters. The summed E-state index contributed by atoms with van der Waals surface area (Å²) in [6.07, 6.45) is 0. The van der Waals surface area contributed by atoms with Gasteiger partial charge >= 0.3 is 0 Å². The van der Waals surface area contributed by atoms with Gasteiger partial charge in [0.1, 0.15) is 0 Å². The number of rotatable bonds is 5. The lowest BCUT2D eigenvalue weighted by molar-refractivity contribution is -0.384. The first-order valence-corrected chi connectivity index (χ1v) is 10.1. The molecule has 0 saturated heterocycles. The zero-order valence-electron chi connectivity index (χ0n) is 17.2. The zero-order valence-corrected chi connectivity index (χ0v) is 17.2. The van der Waals surface area contributed by atoms with Crippen molar-refractivity contribution in [1.29, 1.82) is 0 Å². The maximum absolute atomic E-state index is 13.4. The fourth-order valence-electron chi connectivity index (χ4n) is 3.99. The van der Waals surface area contributed by atoms with Gasteiger partial charge in [0.25, 0.3) is 11.2 Å². The number of anilines is 1. The van der Waals surface area contributed by atoms with Gasteiger partial charge in [0.2, 0.25) is 5.88 Å². The molecule has 7 nitrogen and oxygen atoms in total. The largest absolute Gasteiger partial charge is 0.439 e. The van der Waals surface area contributed by atoms with E-state index in [1.54, 1.807) is 23.7 Å². The minimum absolute atomic E-state index is 0.0151. The SMILES string of the molecule is Cn1c(=O)c2c(-c3ccc([N+](=O)[O-])cc3)c(NCc3ccccc3)oc2c2ccccc21. The average molecular weight is 425 g/mol. The number of aromatic nitrogens is 1. The minimum atomic E-state index is -0.446. The van der Waals surface area contributed by atoms with E-state index < -0.39 is 4.92 Å². The van der Waals surface area contributed by atoms with Crippen LogP contribution in [0.1, 0.15) is 5.56 Å². The summed E-state index contributed by atoms with van der Waals surface area (Å²) in [5.41, 5.74) is 3.37. The normalized spacial score (nSPS) is 11.2. The summed E-state index contributed by atoms with van der Waals surface area (Å²) < 4.78 is 7.84. The summed E-state index contributed by atoms with van der Waals surface area (Å²) in [7, 11) is 1.73. The summed E-state index contributed by atoms with van der Waals surface area (Å²) in [5.74, 6) is 0.450. The Bertz CT molecular complexity index is 1520. The number of nitro groups is 1. The molecule has 0 atom stereocenters. The smallest absolute Gasteiger partial charge is 0.269 e. The summed E-state index contributed by atoms with van der Waals surface area (Å²) in [5, 5.41) is 15.7. The molecule has 1 N–H and O–H groups in total. The van der Waals surface area contributed by atoms with Gasteiger partial charge in [-0.05, 0) is 35.4 Å². The van der Waals surface area contributed by atoms with Crippen molar-refractivity contribution in [1.82, 2.24) is 4.57 Å². The van der Waals surface area contributed by atoms with Crippen LogP contribution in [0.15, 0.2) is 88.1 Å². The molecule has 0 bridgehead atoms. The van der Waals surface area contributed by atoms with Gasteiger partial charge in [-0.1, -0.05) is 42.5 Å². The molecule has 0 aliphatic carbocycles. The molecule has 5 rings (SSSR count). The molecule has 158 valence electrons. The molecule has 0 amide bonds. The molecule has 0 radical (unpaired) electrons. The van der Waals surface area contributed by atoms with Crippen LogP contribution in [-0.2, 0) is 13.6 Å². The second-order valence-electron chi connectivity index (χ2n) is 7.53. The quantitative estimate of drug-likeness (QED) is 0.298. The van der Waals surface area contributed by atoms with Gasteiger partial charge in [-0.3, -0.25) is 14.9 Å². The number of benzene rings is 3. The van der Waals surface area contributed by atoms with E-state index in [4.69, 9.17) is 4.42 Å². The molecular weight excluding hydrogens is 406 g/mol. The van der Waals surface area contributed by atoms with Gasteiger partial charge in [0.05, 0.1) is 21.4 Å². The van der Waals surface area contributed by atoms with E-state index in [0.717, 1.165) is 16.5 Å². The van der Waals surface area contributed by atoms with E-state index in [1.807, 2.05) is 54.6 Å². The Labute approximate surface area is 182 Å². The van der Waals surface area contributed by atoms with Crippen LogP contribution in [0.25, 0.3) is 33.0 Å². The predicted molar refractivity (Wildman–Crippen MR) is 125 cm³/mol. The van der Waals surface area contributed by atoms with Gasteiger partial charge in [-0.25, -0.2) is 0 Å². The number of para-hydroxylation sites is 1. The second-order valence-corrected chi connectivity index (χ2v) is 7.53. The minimum Gasteiger partial charge on any atom is -0.439 e. The van der Waals surface area contributed by atoms with E-state index in [1.165, 1.54) is 12.1 Å². The second kappa shape index (κ2) is 7.70. The van der Waals surface area contributed by atoms with E-state index in [9.17, 15) is 14.9 Å². The van der Waals surface area contributed by atoms with Crippen LogP contribution in [0.4, 0.5) is 11.6 Å². The number of non-ortho nitro benzene ring substituents is 1. The Balaban J connectivity index is 1.76. The number of nitrogens with one attached hydrogen (secondary N) is 1. The van der Waals surface area contributed by atoms with Crippen LogP contribution in [-0.4, -0.2) is 9.49 Å². The van der Waals surface area contributed by atoms with Crippen molar-refractivity contribution >= 4 is 33.4 Å². The van der Waals surface area contributed by atoms with Crippen LogP contribution in [0.5, 0.6) is 0 Å². The average Bonchev–Trinajstić information content (AvgIpc) is 3.22. The van der Waals surface area contributed by atoms with E-state index in [2.05, 4.69) is 5.32 Å². The monoisotopic (exact) mass is 425 g/mol. The predicted octanol–water partition coefficient (Wildman–Crippen LogP) is 5.47. The molecule has 0 fully saturated rings. The molecule has 0 aliphatic rings. The van der Waals surface area contributed by atoms with Crippen LogP contribution in [0, 0.1) is 10.1 Å². The highest BCUT2D eigenvalue weighted by Crippen LogP contribution is 2.40. The summed E-state index contributed by atoms with van der Waals surface area (Å²) in [4.78, 5) is 24.0. The van der Waals surface area contributed by atoms with Crippen molar-refractivity contribution in [2.75, 3.05) is 5.32 Å². The molecule has 2 heterocycles. The van der Waals surface area contributed by atoms with Crippen LogP contribution in [0.3, 0.4) is 0 Å². The molecule has 32 heavy (non-hydrogen) atoms. The summed E-state index contributed by atoms with van der Waals surface area (Å²) >= 11 is 0. The van der Waals surface area contributed by atoms with Crippen molar-refractivity contribution in [2.45, 2.75) is 6.54 Å². The van der Waals surface area contributed by atoms with Crippen molar-refractivity contribution in [3.8, 4) is 11.1 Å². The summed E-state index contributed by atoms with van der Waals surface area (Å²) in [6.45, 7) is 0.499. The number of hydrogen-bond acceptors (Lipinski definition) is 5. The Morgan fingerprint density at radius 1 is 0.969 bits per heavy atom. The number of pyridine rings is 1. The lowest BCUT2D eigenvalue weighted by Crippen LogP contribution is -2.17. The number of nitrogens with zero attached hydrogens (tertiary/aromatic N) is 2. The fourth-order valence-corrected chi connectivity index (χ4v) is 3.99. The van der Waals surface area contributed by atoms with E-state index >= 15 is 0 Å². The standard InChI is InChI=1S/C25H19N3O4/c1-27-20-10-6-5-9-19(20)23-22(25(27)29)21(17-11-13-18(14-12-17)28(30)31)24(32-23)26-15-16-7-3-2-4-8-16/h2-14,26H,15H2,1H3. The Morgan fingerprint density at radius 3 is 2.38 bits per heavy atom. The van der Waals surface area contributed by atoms with Gasteiger partial charge in [-0.2, -0.15) is 0 Å². The number of fused-ring (bicyclic) bond motifs is 3. The van der Waals surface area contributed by atoms with Crippen LogP contribution in [0.2, 0.25) is 0 Å². The van der Waals surface area contributed by atoms with Crippen molar-refractivity contribution in [2.24, 2.45) is 7.05 Å². The number of hydrogen-bond donors (Lipinski definition) is 1. The van der Waals surface area contributed by atoms with E-state index in [0.29, 0.717) is 34.5 Å². The molecular formula is C25H19N3O4. The van der Waals surface area contributed by atoms with Gasteiger partial charge < -0.3 is 14.3 Å². The molecule has 7 heteroatoms. The number of nitro benzene ring substituents is 1. The topological polar surface area (TPSA) is 90.3 Å². The van der Waals surface area contributed by atoms with Crippen molar-refractivity contribution < 1.29 is 9.34 Å². The lowest BCUT2D eigenvalue weighted by Gasteiger charge is -2.07. The molecule has 5 aromatic rings. The first-order valence-electron chi connectivity index (χ1n) is 10.1. The van der Waals surface area contributed by atoms with Crippen LogP contribution >= 0.6 is 0 Å². The third-order valence-electron chi connectivity index (χ3n) is 5.60. The molecule has 0 aliphatic heterocycles. The fraction of sp³-hybridized carbons (Fsp3) is 0.0800. The highest BCUT2D eigenvalue weighted by molar-refractivity contribution is 6.10. The number of aryl methyl sites for hydroxylation is 1. The van der Waals surface area contributed by atoms with Gasteiger partial charge in [0, 0.05) is 31.1 Å². The summed E-state index contributed by atoms with van der Waals surface area (Å²) in [6, 6.07) is 23.6. The highest BCUT2D eigenvalue weighted by atomic mass is 16.6. The highest BCUT2D eigenvalue weighted by Gasteiger charge is 2.23.